The number of carboxylic acid groups (broad SMARTS) is 1. The molecule has 1 N–H and O–H groups in total. The number of aliphatic carboxylic acids is 1. The average Bonchev–Trinajstić information content (AvgIpc) is 2.59. The van der Waals surface area contributed by atoms with Crippen LogP contribution in [-0.4, -0.2) is 28.2 Å². The molecule has 1 atom stereocenters. The Balaban J connectivity index is 1.99. The Morgan fingerprint density at radius 2 is 1.84 bits per heavy atom. The largest absolute Gasteiger partial charge is 0.480 e. The van der Waals surface area contributed by atoms with Crippen LogP contribution in [0.15, 0.2) is 48.5 Å². The molecule has 2 rings (SSSR count). The maximum atomic E-state index is 11.5. The maximum absolute atomic E-state index is 11.5. The van der Waals surface area contributed by atoms with Crippen LogP contribution in [0.3, 0.4) is 0 Å². The number of hydrogen-bond donors (Lipinski definition) is 1. The molecule has 0 heterocycles. The van der Waals surface area contributed by atoms with E-state index in [1.54, 1.807) is 6.92 Å². The molecule has 1 unspecified atom stereocenters. The summed E-state index contributed by atoms with van der Waals surface area (Å²) < 4.78 is 4.80. The molecule has 0 amide bonds. The van der Waals surface area contributed by atoms with Crippen molar-refractivity contribution in [2.24, 2.45) is 0 Å². The van der Waals surface area contributed by atoms with Gasteiger partial charge in [0.1, 0.15) is 5.25 Å². The number of hydrogen-bond acceptors (Lipinski definition) is 4. The van der Waals surface area contributed by atoms with Crippen LogP contribution in [0.1, 0.15) is 18.9 Å². The normalized spacial score (nSPS) is 11.8. The zero-order valence-electron chi connectivity index (χ0n) is 13.8. The maximum Gasteiger partial charge on any atom is 0.368 e. The van der Waals surface area contributed by atoms with E-state index < -0.39 is 16.5 Å². The summed E-state index contributed by atoms with van der Waals surface area (Å²) in [5.74, 6) is -1.01. The Morgan fingerprint density at radius 3 is 2.44 bits per heavy atom. The SMILES string of the molecule is CCOC(=O)SC(CCc1ccc(-c2ccccc2Cl)cc1)C(=O)O. The second-order valence-corrected chi connectivity index (χ2v) is 6.89. The molecule has 4 nitrogen and oxygen atoms in total. The van der Waals surface area contributed by atoms with Gasteiger partial charge < -0.3 is 9.84 Å². The van der Waals surface area contributed by atoms with Crippen molar-refractivity contribution in [2.45, 2.75) is 25.0 Å². The monoisotopic (exact) mass is 378 g/mol. The van der Waals surface area contributed by atoms with Gasteiger partial charge in [-0.25, -0.2) is 4.79 Å². The van der Waals surface area contributed by atoms with Crippen molar-refractivity contribution in [1.29, 1.82) is 0 Å². The van der Waals surface area contributed by atoms with Gasteiger partial charge in [-0.3, -0.25) is 4.79 Å². The van der Waals surface area contributed by atoms with Crippen molar-refractivity contribution in [3.8, 4) is 11.1 Å². The number of carbonyl (C=O) groups is 2. The number of thioether (sulfide) groups is 1. The molecule has 2 aromatic rings. The van der Waals surface area contributed by atoms with Gasteiger partial charge in [0.15, 0.2) is 0 Å². The summed E-state index contributed by atoms with van der Waals surface area (Å²) in [7, 11) is 0. The van der Waals surface area contributed by atoms with Crippen molar-refractivity contribution >= 4 is 34.6 Å². The fourth-order valence-electron chi connectivity index (χ4n) is 2.34. The molecule has 6 heteroatoms. The minimum Gasteiger partial charge on any atom is -0.480 e. The Hall–Kier alpha value is -1.98. The highest BCUT2D eigenvalue weighted by atomic mass is 35.5. The zero-order valence-corrected chi connectivity index (χ0v) is 15.3. The van der Waals surface area contributed by atoms with Crippen LogP contribution in [0, 0.1) is 0 Å². The first kappa shape index (κ1) is 19.3. The van der Waals surface area contributed by atoms with E-state index in [1.807, 2.05) is 48.5 Å². The van der Waals surface area contributed by atoms with Gasteiger partial charge in [0.2, 0.25) is 0 Å². The van der Waals surface area contributed by atoms with Crippen molar-refractivity contribution in [3.05, 3.63) is 59.1 Å². The summed E-state index contributed by atoms with van der Waals surface area (Å²) in [4.78, 5) is 22.8. The molecule has 0 aliphatic heterocycles. The van der Waals surface area contributed by atoms with Gasteiger partial charge in [0.05, 0.1) is 6.61 Å². The molecule has 0 aliphatic carbocycles. The van der Waals surface area contributed by atoms with E-state index in [9.17, 15) is 14.7 Å². The number of carbonyl (C=O) groups excluding carboxylic acids is 1. The lowest BCUT2D eigenvalue weighted by atomic mass is 10.0. The number of aryl methyl sites for hydroxylation is 1. The van der Waals surface area contributed by atoms with Gasteiger partial charge in [-0.2, -0.15) is 0 Å². The molecular weight excluding hydrogens is 360 g/mol. The second-order valence-electron chi connectivity index (χ2n) is 5.34. The Bertz CT molecular complexity index is 730. The van der Waals surface area contributed by atoms with E-state index in [1.165, 1.54) is 0 Å². The van der Waals surface area contributed by atoms with Crippen molar-refractivity contribution in [3.63, 3.8) is 0 Å². The highest BCUT2D eigenvalue weighted by Crippen LogP contribution is 2.28. The number of rotatable bonds is 7. The van der Waals surface area contributed by atoms with Gasteiger partial charge in [-0.15, -0.1) is 0 Å². The quantitative estimate of drug-likeness (QED) is 0.664. The molecule has 0 saturated carbocycles. The van der Waals surface area contributed by atoms with E-state index in [-0.39, 0.29) is 6.61 Å². The zero-order chi connectivity index (χ0) is 18.2. The summed E-state index contributed by atoms with van der Waals surface area (Å²) in [5, 5.41) is 8.57. The van der Waals surface area contributed by atoms with Gasteiger partial charge in [-0.05, 0) is 48.7 Å². The number of carboxylic acids is 1. The standard InChI is InChI=1S/C19H19ClO4S/c1-2-24-19(23)25-17(18(21)22)12-9-13-7-10-14(11-8-13)15-5-3-4-6-16(15)20/h3-8,10-11,17H,2,9,12H2,1H3,(H,21,22). The lowest BCUT2D eigenvalue weighted by molar-refractivity contribution is -0.136. The van der Waals surface area contributed by atoms with Gasteiger partial charge in [-0.1, -0.05) is 54.1 Å². The summed E-state index contributed by atoms with van der Waals surface area (Å²) in [6.45, 7) is 1.93. The van der Waals surface area contributed by atoms with E-state index in [2.05, 4.69) is 0 Å². The van der Waals surface area contributed by atoms with Crippen molar-refractivity contribution in [2.75, 3.05) is 6.61 Å². The lowest BCUT2D eigenvalue weighted by Gasteiger charge is -2.11. The van der Waals surface area contributed by atoms with E-state index in [4.69, 9.17) is 16.3 Å². The molecule has 2 aromatic carbocycles. The first-order valence-electron chi connectivity index (χ1n) is 7.91. The molecule has 0 aromatic heterocycles. The number of halogens is 1. The average molecular weight is 379 g/mol. The molecule has 0 radical (unpaired) electrons. The minimum absolute atomic E-state index is 0.238. The molecule has 0 saturated heterocycles. The number of ether oxygens (including phenoxy) is 1. The number of benzene rings is 2. The van der Waals surface area contributed by atoms with Crippen LogP contribution in [0.2, 0.25) is 5.02 Å². The third-order valence-electron chi connectivity index (χ3n) is 3.61. The van der Waals surface area contributed by atoms with Crippen LogP contribution >= 0.6 is 23.4 Å². The van der Waals surface area contributed by atoms with E-state index >= 15 is 0 Å². The van der Waals surface area contributed by atoms with E-state index in [0.717, 1.165) is 28.5 Å². The third kappa shape index (κ3) is 5.80. The summed E-state index contributed by atoms with van der Waals surface area (Å²) in [6.07, 6.45) is 0.913. The summed E-state index contributed by atoms with van der Waals surface area (Å²) in [6, 6.07) is 15.4. The first-order valence-corrected chi connectivity index (χ1v) is 9.17. The molecule has 132 valence electrons. The summed E-state index contributed by atoms with van der Waals surface area (Å²) >= 11 is 6.92. The fourth-order valence-corrected chi connectivity index (χ4v) is 3.34. The molecule has 0 bridgehead atoms. The van der Waals surface area contributed by atoms with Gasteiger partial charge >= 0.3 is 11.3 Å². The van der Waals surface area contributed by atoms with Crippen LogP contribution in [0.4, 0.5) is 4.79 Å². The second kappa shape index (κ2) is 9.49. The Kier molecular flexibility index (Phi) is 7.34. The third-order valence-corrected chi connectivity index (χ3v) is 4.97. The van der Waals surface area contributed by atoms with E-state index in [0.29, 0.717) is 17.9 Å². The lowest BCUT2D eigenvalue weighted by Crippen LogP contribution is -2.19. The van der Waals surface area contributed by atoms with Crippen LogP contribution < -0.4 is 0 Å². The van der Waals surface area contributed by atoms with Crippen molar-refractivity contribution in [1.82, 2.24) is 0 Å². The van der Waals surface area contributed by atoms with Crippen molar-refractivity contribution < 1.29 is 19.4 Å². The minimum atomic E-state index is -1.01. The topological polar surface area (TPSA) is 63.6 Å². The smallest absolute Gasteiger partial charge is 0.368 e. The van der Waals surface area contributed by atoms with Gasteiger partial charge in [0, 0.05) is 10.6 Å². The molecule has 0 spiro atoms. The van der Waals surface area contributed by atoms with Gasteiger partial charge in [0.25, 0.3) is 0 Å². The molecule has 25 heavy (non-hydrogen) atoms. The highest BCUT2D eigenvalue weighted by molar-refractivity contribution is 8.14. The Labute approximate surface area is 156 Å². The Morgan fingerprint density at radius 1 is 1.16 bits per heavy atom. The van der Waals surface area contributed by atoms with Crippen LogP contribution in [0.25, 0.3) is 11.1 Å². The van der Waals surface area contributed by atoms with Crippen LogP contribution in [0.5, 0.6) is 0 Å². The first-order chi connectivity index (χ1) is 12.0. The molecular formula is C19H19ClO4S. The molecule has 0 aliphatic rings. The highest BCUT2D eigenvalue weighted by Gasteiger charge is 2.22. The summed E-state index contributed by atoms with van der Waals surface area (Å²) in [5.41, 5.74) is 2.97. The fraction of sp³-hybridized carbons (Fsp3) is 0.263. The molecule has 0 fully saturated rings. The predicted molar refractivity (Wildman–Crippen MR) is 101 cm³/mol. The predicted octanol–water partition coefficient (Wildman–Crippen LogP) is 5.28. The van der Waals surface area contributed by atoms with Crippen LogP contribution in [-0.2, 0) is 16.0 Å².